The number of carbonyl (C=O) groups is 1. The molecule has 0 heterocycles. The summed E-state index contributed by atoms with van der Waals surface area (Å²) in [7, 11) is 0. The fourth-order valence-corrected chi connectivity index (χ4v) is 13.7. The minimum Gasteiger partial charge on any atom is -0.508 e. The summed E-state index contributed by atoms with van der Waals surface area (Å²) in [6.07, 6.45) is 8.71. The first-order valence-electron chi connectivity index (χ1n) is 25.0. The Balaban J connectivity index is 1.19. The minimum atomic E-state index is -1.00. The maximum Gasteiger partial charge on any atom is 0.200 e. The average Bonchev–Trinajstić information content (AvgIpc) is 3.60. The van der Waals surface area contributed by atoms with Crippen LogP contribution in [0.4, 0.5) is 0 Å². The summed E-state index contributed by atoms with van der Waals surface area (Å²) in [6.45, 7) is 4.55. The van der Waals surface area contributed by atoms with E-state index in [-0.39, 0.29) is 107 Å². The van der Waals surface area contributed by atoms with Crippen molar-refractivity contribution in [1.82, 2.24) is 0 Å². The van der Waals surface area contributed by atoms with Crippen LogP contribution in [0.5, 0.6) is 40.2 Å². The number of Topliss-reactive ketones (excluding diaryl/α,β-unsaturated/α-hetero) is 1. The third-order valence-corrected chi connectivity index (χ3v) is 16.6. The van der Waals surface area contributed by atoms with E-state index in [1.807, 2.05) is 18.2 Å². The largest absolute Gasteiger partial charge is 0.508 e. The van der Waals surface area contributed by atoms with Gasteiger partial charge in [0.1, 0.15) is 30.6 Å². The molecule has 5 aromatic carbocycles. The molecule has 0 spiro atoms. The van der Waals surface area contributed by atoms with Crippen molar-refractivity contribution in [2.24, 2.45) is 47.2 Å². The van der Waals surface area contributed by atoms with E-state index < -0.39 is 12.0 Å². The summed E-state index contributed by atoms with van der Waals surface area (Å²) in [5.41, 5.74) is 11.0. The van der Waals surface area contributed by atoms with Crippen LogP contribution < -0.4 is 15.2 Å². The minimum absolute atomic E-state index is 0.0186. The summed E-state index contributed by atoms with van der Waals surface area (Å²) in [6, 6.07) is 31.9. The van der Waals surface area contributed by atoms with Crippen molar-refractivity contribution in [1.29, 1.82) is 0 Å². The molecule has 68 heavy (non-hydrogen) atoms. The molecule has 5 aliphatic rings. The lowest BCUT2D eigenvalue weighted by Gasteiger charge is -2.55. The highest BCUT2D eigenvalue weighted by molar-refractivity contribution is 5.82. The molecule has 0 aromatic heterocycles. The predicted molar refractivity (Wildman–Crippen MR) is 262 cm³/mol. The molecule has 0 radical (unpaired) electrons. The van der Waals surface area contributed by atoms with Crippen molar-refractivity contribution < 1.29 is 44.9 Å². The van der Waals surface area contributed by atoms with Gasteiger partial charge in [-0.2, -0.15) is 0 Å². The molecule has 8 N–H and O–H groups in total. The van der Waals surface area contributed by atoms with E-state index in [0.717, 1.165) is 60.8 Å². The fraction of sp³-hybridized carbons (Fsp3) is 0.466. The Morgan fingerprint density at radius 1 is 0.809 bits per heavy atom. The van der Waals surface area contributed by atoms with Gasteiger partial charge in [-0.1, -0.05) is 100 Å². The van der Waals surface area contributed by atoms with Gasteiger partial charge in [0.2, 0.25) is 5.75 Å². The monoisotopic (exact) mass is 923 g/mol. The van der Waals surface area contributed by atoms with Crippen molar-refractivity contribution >= 4 is 5.78 Å². The van der Waals surface area contributed by atoms with E-state index in [4.69, 9.17) is 15.2 Å². The third kappa shape index (κ3) is 9.51. The molecule has 0 amide bonds. The molecule has 360 valence electrons. The number of nitrogens with two attached hydrogens (primary N) is 1. The number of aliphatic hydroxyl groups excluding tert-OH is 1. The number of aryl methyl sites for hydroxylation is 1. The van der Waals surface area contributed by atoms with Crippen LogP contribution >= 0.6 is 0 Å². The van der Waals surface area contributed by atoms with Gasteiger partial charge in [0.05, 0.1) is 6.10 Å². The summed E-state index contributed by atoms with van der Waals surface area (Å²) < 4.78 is 12.1. The molecule has 0 aliphatic heterocycles. The van der Waals surface area contributed by atoms with E-state index in [9.17, 15) is 35.4 Å². The zero-order valence-electron chi connectivity index (χ0n) is 39.5. The smallest absolute Gasteiger partial charge is 0.200 e. The number of rotatable bonds is 16. The van der Waals surface area contributed by atoms with E-state index in [1.165, 1.54) is 12.0 Å². The lowest BCUT2D eigenvalue weighted by atomic mass is 9.49. The highest BCUT2D eigenvalue weighted by atomic mass is 16.5. The number of ketones is 1. The number of aliphatic hydroxyl groups is 1. The number of carbonyl (C=O) groups excluding carboxylic acids is 1. The first kappa shape index (κ1) is 47.4. The third-order valence-electron chi connectivity index (χ3n) is 16.6. The van der Waals surface area contributed by atoms with Gasteiger partial charge in [0.25, 0.3) is 0 Å². The van der Waals surface area contributed by atoms with E-state index in [1.54, 1.807) is 54.6 Å². The van der Waals surface area contributed by atoms with Gasteiger partial charge < -0.3 is 40.1 Å². The van der Waals surface area contributed by atoms with Crippen LogP contribution in [-0.2, 0) is 29.7 Å². The fourth-order valence-electron chi connectivity index (χ4n) is 13.7. The molecule has 2 bridgehead atoms. The molecule has 10 heteroatoms. The molecule has 10 unspecified atom stereocenters. The SMILES string of the molecule is CC(C)CCC1CCCC(c2ccccc2)(C2CC3CC4C(Cc5ccc(O)cc5)CC(C(=O)CCc5ccc(O)c(OCN)c5)C(O)C4C2c2cc(O)c(O)c(OCc4cccc(O)c4)c23)C1. The molecule has 10 nitrogen and oxygen atoms in total. The Labute approximate surface area is 400 Å². The van der Waals surface area contributed by atoms with Crippen LogP contribution in [0.1, 0.15) is 123 Å². The maximum atomic E-state index is 14.9. The molecule has 0 saturated heterocycles. The lowest BCUT2D eigenvalue weighted by molar-refractivity contribution is -0.136. The van der Waals surface area contributed by atoms with Gasteiger partial charge in [0, 0.05) is 17.9 Å². The quantitative estimate of drug-likeness (QED) is 0.0371. The van der Waals surface area contributed by atoms with Gasteiger partial charge in [-0.25, -0.2) is 0 Å². The Morgan fingerprint density at radius 2 is 1.59 bits per heavy atom. The number of benzene rings is 5. The second kappa shape index (κ2) is 20.1. The number of aromatic hydroxyl groups is 5. The molecule has 10 atom stereocenters. The second-order valence-corrected chi connectivity index (χ2v) is 21.1. The maximum absolute atomic E-state index is 14.9. The predicted octanol–water partition coefficient (Wildman–Crippen LogP) is 10.9. The summed E-state index contributed by atoms with van der Waals surface area (Å²) in [5.74, 6) is -0.274. The summed E-state index contributed by atoms with van der Waals surface area (Å²) in [5, 5.41) is 68.0. The number of ether oxygens (including phenoxy) is 2. The molecular formula is C58H69NO9. The van der Waals surface area contributed by atoms with Crippen molar-refractivity contribution in [3.63, 3.8) is 0 Å². The number of fused-ring (bicyclic) bond motifs is 1. The van der Waals surface area contributed by atoms with Gasteiger partial charge in [-0.15, -0.1) is 0 Å². The van der Waals surface area contributed by atoms with Gasteiger partial charge in [0.15, 0.2) is 23.0 Å². The summed E-state index contributed by atoms with van der Waals surface area (Å²) in [4.78, 5) is 14.9. The van der Waals surface area contributed by atoms with Crippen LogP contribution in [0.15, 0.2) is 103 Å². The van der Waals surface area contributed by atoms with Gasteiger partial charge in [-0.05, 0) is 168 Å². The number of hydrogen-bond donors (Lipinski definition) is 7. The van der Waals surface area contributed by atoms with Crippen molar-refractivity contribution in [3.05, 3.63) is 137 Å². The molecule has 3 fully saturated rings. The molecule has 3 saturated carbocycles. The highest BCUT2D eigenvalue weighted by Gasteiger charge is 2.61. The molecular weight excluding hydrogens is 855 g/mol. The van der Waals surface area contributed by atoms with E-state index >= 15 is 0 Å². The first-order chi connectivity index (χ1) is 32.8. The van der Waals surface area contributed by atoms with Crippen LogP contribution in [0, 0.1) is 41.4 Å². The molecule has 5 aliphatic carbocycles. The Kier molecular flexibility index (Phi) is 14.0. The highest BCUT2D eigenvalue weighted by Crippen LogP contribution is 2.68. The molecule has 10 rings (SSSR count). The first-order valence-corrected chi connectivity index (χ1v) is 25.0. The van der Waals surface area contributed by atoms with Crippen LogP contribution in [0.3, 0.4) is 0 Å². The van der Waals surface area contributed by atoms with Crippen molar-refractivity contribution in [2.75, 3.05) is 6.73 Å². The van der Waals surface area contributed by atoms with Crippen LogP contribution in [0.25, 0.3) is 0 Å². The average molecular weight is 924 g/mol. The van der Waals surface area contributed by atoms with E-state index in [2.05, 4.69) is 44.2 Å². The van der Waals surface area contributed by atoms with Gasteiger partial charge in [-0.3, -0.25) is 10.5 Å². The topological polar surface area (TPSA) is 183 Å². The van der Waals surface area contributed by atoms with Crippen LogP contribution in [0.2, 0.25) is 0 Å². The van der Waals surface area contributed by atoms with E-state index in [0.29, 0.717) is 43.1 Å². The lowest BCUT2D eigenvalue weighted by Crippen LogP contribution is -2.52. The molecule has 5 aromatic rings. The standard InChI is InChI=1S/C58H69NO9/c1-34(2)13-14-37-9-7-23-58(31-37,41-10-4-3-5-11-41)47-29-40-28-44-39(24-35-15-19-42(60)20-16-35)27-45(48(62)21-17-36-18-22-49(63)51(26-36)68-33-59)55(65)54(44)53(47)46-30-50(64)56(66)57(52(40)46)67-32-38-8-6-12-43(61)25-38/h3-6,8,10-12,15-16,18-20,22,25-26,30,34,37,39-40,44-45,47,53-55,60-61,63-66H,7,9,13-14,17,21,23-24,27-29,31-33,59H2,1-2H3. The van der Waals surface area contributed by atoms with Crippen molar-refractivity contribution in [2.45, 2.75) is 121 Å². The second-order valence-electron chi connectivity index (χ2n) is 21.1. The number of phenols is 5. The number of phenolic OH excluding ortho intramolecular Hbond substituents is 5. The zero-order valence-corrected chi connectivity index (χ0v) is 39.5. The number of hydrogen-bond acceptors (Lipinski definition) is 10. The Bertz CT molecular complexity index is 2540. The zero-order chi connectivity index (χ0) is 47.7. The Morgan fingerprint density at radius 3 is 2.34 bits per heavy atom. The van der Waals surface area contributed by atoms with Crippen molar-refractivity contribution in [3.8, 4) is 40.2 Å². The summed E-state index contributed by atoms with van der Waals surface area (Å²) >= 11 is 0. The normalized spacial score (nSPS) is 27.5. The Hall–Kier alpha value is -5.71. The van der Waals surface area contributed by atoms with Crippen LogP contribution in [-0.4, -0.2) is 49.3 Å². The van der Waals surface area contributed by atoms with Gasteiger partial charge >= 0.3 is 0 Å².